The third-order valence-corrected chi connectivity index (χ3v) is 10.5. The van der Waals surface area contributed by atoms with Crippen molar-refractivity contribution in [2.24, 2.45) is 29.1 Å². The van der Waals surface area contributed by atoms with Crippen LogP contribution in [0.2, 0.25) is 0 Å². The second kappa shape index (κ2) is 15.6. The second-order valence-corrected chi connectivity index (χ2v) is 13.0. The van der Waals surface area contributed by atoms with E-state index in [1.165, 1.54) is 6.08 Å². The maximum absolute atomic E-state index is 15.3. The van der Waals surface area contributed by atoms with Gasteiger partial charge in [-0.15, -0.1) is 6.58 Å². The summed E-state index contributed by atoms with van der Waals surface area (Å²) in [5.41, 5.74) is -0.246. The Balaban J connectivity index is 1.14. The Morgan fingerprint density at radius 3 is 2.44 bits per heavy atom. The molecule has 0 bridgehead atoms. The van der Waals surface area contributed by atoms with Crippen LogP contribution >= 0.6 is 0 Å². The van der Waals surface area contributed by atoms with Crippen LogP contribution in [0.1, 0.15) is 103 Å². The minimum atomic E-state index is -1.20. The van der Waals surface area contributed by atoms with E-state index < -0.39 is 24.4 Å². The van der Waals surface area contributed by atoms with Crippen molar-refractivity contribution < 1.29 is 37.6 Å². The summed E-state index contributed by atoms with van der Waals surface area (Å²) in [4.78, 5) is 35.0. The van der Waals surface area contributed by atoms with Crippen molar-refractivity contribution in [1.82, 2.24) is 0 Å². The van der Waals surface area contributed by atoms with E-state index in [0.29, 0.717) is 57.2 Å². The van der Waals surface area contributed by atoms with Crippen molar-refractivity contribution in [3.8, 4) is 0 Å². The highest BCUT2D eigenvalue weighted by Gasteiger charge is 2.51. The van der Waals surface area contributed by atoms with Gasteiger partial charge in [-0.25, -0.2) is 23.4 Å². The number of carbonyl (C=O) groups excluding carboxylic acids is 2. The summed E-state index contributed by atoms with van der Waals surface area (Å²) in [6.45, 7) is 7.71. The molecule has 232 valence electrons. The first kappa shape index (κ1) is 32.1. The molecule has 0 amide bonds. The van der Waals surface area contributed by atoms with E-state index in [0.717, 1.165) is 70.6 Å². The third kappa shape index (κ3) is 8.62. The van der Waals surface area contributed by atoms with Gasteiger partial charge in [-0.05, 0) is 108 Å². The van der Waals surface area contributed by atoms with Gasteiger partial charge >= 0.3 is 11.9 Å². The second-order valence-electron chi connectivity index (χ2n) is 13.0. The highest BCUT2D eigenvalue weighted by Crippen LogP contribution is 2.52. The van der Waals surface area contributed by atoms with E-state index in [2.05, 4.69) is 13.2 Å². The van der Waals surface area contributed by atoms with Crippen molar-refractivity contribution in [2.45, 2.75) is 127 Å². The van der Waals surface area contributed by atoms with E-state index in [1.54, 1.807) is 6.08 Å². The predicted octanol–water partition coefficient (Wildman–Crippen LogP) is 7.55. The normalized spacial score (nSPS) is 37.4. The number of hydrogen-bond donors (Lipinski definition) is 0. The lowest BCUT2D eigenvalue weighted by Gasteiger charge is -2.42. The fourth-order valence-electron chi connectivity index (χ4n) is 8.12. The molecule has 1 spiro atoms. The molecule has 41 heavy (non-hydrogen) atoms. The third-order valence-electron chi connectivity index (χ3n) is 10.5. The van der Waals surface area contributed by atoms with Gasteiger partial charge in [-0.1, -0.05) is 25.5 Å². The van der Waals surface area contributed by atoms with Crippen molar-refractivity contribution in [3.63, 3.8) is 0 Å². The molecule has 4 saturated carbocycles. The monoisotopic (exact) mass is 580 g/mol. The molecule has 0 heterocycles. The number of halogens is 2. The van der Waals surface area contributed by atoms with Gasteiger partial charge < -0.3 is 9.47 Å². The quantitative estimate of drug-likeness (QED) is 0.0559. The predicted molar refractivity (Wildman–Crippen MR) is 152 cm³/mol. The van der Waals surface area contributed by atoms with Gasteiger partial charge in [0.1, 0.15) is 25.1 Å². The Morgan fingerprint density at radius 1 is 0.927 bits per heavy atom. The van der Waals surface area contributed by atoms with Crippen LogP contribution in [0.25, 0.3) is 0 Å². The molecular formula is C33H50F2O6. The van der Waals surface area contributed by atoms with Crippen LogP contribution < -0.4 is 0 Å². The van der Waals surface area contributed by atoms with Crippen molar-refractivity contribution >= 4 is 11.9 Å². The lowest BCUT2D eigenvalue weighted by Crippen LogP contribution is -2.45. The molecular weight excluding hydrogens is 530 g/mol. The summed E-state index contributed by atoms with van der Waals surface area (Å²) in [6, 6.07) is 0. The van der Waals surface area contributed by atoms with Crippen LogP contribution in [0.4, 0.5) is 8.78 Å². The topological polar surface area (TPSA) is 71.1 Å². The summed E-state index contributed by atoms with van der Waals surface area (Å²) in [5, 5.41) is 0. The lowest BCUT2D eigenvalue weighted by molar-refractivity contribution is -0.337. The van der Waals surface area contributed by atoms with E-state index in [1.807, 2.05) is 0 Å². The molecule has 0 aromatic heterocycles. The molecule has 7 atom stereocenters. The first-order valence-electron chi connectivity index (χ1n) is 16.0. The van der Waals surface area contributed by atoms with E-state index in [4.69, 9.17) is 19.2 Å². The summed E-state index contributed by atoms with van der Waals surface area (Å²) < 4.78 is 41.3. The van der Waals surface area contributed by atoms with Crippen LogP contribution in [-0.2, 0) is 28.8 Å². The fourth-order valence-corrected chi connectivity index (χ4v) is 8.12. The summed E-state index contributed by atoms with van der Waals surface area (Å²) in [7, 11) is 0. The van der Waals surface area contributed by atoms with Crippen LogP contribution in [0.3, 0.4) is 0 Å². The zero-order valence-corrected chi connectivity index (χ0v) is 24.6. The maximum atomic E-state index is 15.3. The number of carbonyl (C=O) groups is 2. The number of esters is 2. The van der Waals surface area contributed by atoms with Gasteiger partial charge in [0.2, 0.25) is 0 Å². The van der Waals surface area contributed by atoms with Gasteiger partial charge in [0.15, 0.2) is 0 Å². The Morgan fingerprint density at radius 2 is 1.73 bits per heavy atom. The molecule has 8 heteroatoms. The number of alkyl halides is 2. The van der Waals surface area contributed by atoms with E-state index in [9.17, 15) is 9.59 Å². The molecule has 0 N–H and O–H groups in total. The van der Waals surface area contributed by atoms with E-state index in [-0.39, 0.29) is 29.3 Å². The minimum Gasteiger partial charge on any atom is -0.463 e. The molecule has 0 aromatic rings. The molecule has 0 aliphatic heterocycles. The Labute approximate surface area is 244 Å². The molecule has 4 aliphatic rings. The molecule has 4 aliphatic carbocycles. The number of hydrogen-bond acceptors (Lipinski definition) is 6. The summed E-state index contributed by atoms with van der Waals surface area (Å²) >= 11 is 0. The van der Waals surface area contributed by atoms with Crippen molar-refractivity contribution in [3.05, 3.63) is 25.3 Å². The van der Waals surface area contributed by atoms with Crippen LogP contribution in [0.5, 0.6) is 0 Å². The average Bonchev–Trinajstić information content (AvgIpc) is 3.35. The van der Waals surface area contributed by atoms with Crippen LogP contribution in [0, 0.1) is 29.1 Å². The molecule has 4 fully saturated rings. The first-order chi connectivity index (χ1) is 19.8. The first-order valence-corrected chi connectivity index (χ1v) is 16.0. The fraction of sp³-hybridized carbons (Fsp3) is 0.818. The summed E-state index contributed by atoms with van der Waals surface area (Å²) in [5.74, 6) is -0.131. The van der Waals surface area contributed by atoms with E-state index >= 15 is 8.78 Å². The van der Waals surface area contributed by atoms with Crippen molar-refractivity contribution in [1.29, 1.82) is 0 Å². The van der Waals surface area contributed by atoms with Crippen molar-refractivity contribution in [2.75, 3.05) is 13.2 Å². The molecule has 0 saturated heterocycles. The highest BCUT2D eigenvalue weighted by atomic mass is 19.1. The molecule has 0 aromatic carbocycles. The largest absolute Gasteiger partial charge is 0.463 e. The van der Waals surface area contributed by atoms with Gasteiger partial charge in [0.25, 0.3) is 0 Å². The van der Waals surface area contributed by atoms with Crippen LogP contribution in [0.15, 0.2) is 25.3 Å². The molecule has 7 unspecified atom stereocenters. The average molecular weight is 581 g/mol. The number of unbranched alkanes of at least 4 members (excludes halogenated alkanes) is 1. The lowest BCUT2D eigenvalue weighted by atomic mass is 9.67. The Hall–Kier alpha value is -1.80. The Bertz CT molecular complexity index is 874. The highest BCUT2D eigenvalue weighted by molar-refractivity contribution is 5.81. The minimum absolute atomic E-state index is 0.0681. The van der Waals surface area contributed by atoms with Gasteiger partial charge in [-0.3, -0.25) is 4.79 Å². The zero-order valence-electron chi connectivity index (χ0n) is 24.6. The molecule has 4 rings (SSSR count). The zero-order chi connectivity index (χ0) is 29.2. The summed E-state index contributed by atoms with van der Waals surface area (Å²) in [6.07, 6.45) is 12.6. The maximum Gasteiger partial charge on any atom is 0.330 e. The van der Waals surface area contributed by atoms with Crippen LogP contribution in [-0.4, -0.2) is 49.7 Å². The van der Waals surface area contributed by atoms with Gasteiger partial charge in [-0.2, -0.15) is 0 Å². The SMILES string of the molecule is C=CCOOC1CCCC12CCC(OC(=O)C1CCC(C3CCC(CCCCOC(=O)C=C)CC3F)CC1)C(F)C2. The smallest absolute Gasteiger partial charge is 0.330 e. The number of rotatable bonds is 13. The van der Waals surface area contributed by atoms with Gasteiger partial charge in [0.05, 0.1) is 18.6 Å². The standard InChI is InChI=1S/C33H50F2O6/c1-3-19-39-41-30-9-7-17-33(30)18-16-29(28(35)22-33)40-32(37)25-13-11-24(12-14-25)26-15-10-23(21-27(26)34)8-5-6-20-38-31(36)4-2/h3-4,23-30H,1-2,5-22H2. The Kier molecular flexibility index (Phi) is 12.2. The molecule has 6 nitrogen and oxygen atoms in total. The molecule has 0 radical (unpaired) electrons. The number of ether oxygens (including phenoxy) is 2. The van der Waals surface area contributed by atoms with Gasteiger partial charge in [0, 0.05) is 11.5 Å².